The van der Waals surface area contributed by atoms with E-state index in [-0.39, 0.29) is 18.1 Å². The summed E-state index contributed by atoms with van der Waals surface area (Å²) in [5.41, 5.74) is 0. The molecule has 6 heteroatoms. The van der Waals surface area contributed by atoms with Gasteiger partial charge in [0.15, 0.2) is 0 Å². The molecule has 1 saturated heterocycles. The minimum absolute atomic E-state index is 0.0845. The molecule has 0 aromatic rings. The van der Waals surface area contributed by atoms with Gasteiger partial charge in [-0.15, -0.1) is 0 Å². The Hall–Kier alpha value is -0.690. The third-order valence-electron chi connectivity index (χ3n) is 3.35. The molecule has 19 heavy (non-hydrogen) atoms. The van der Waals surface area contributed by atoms with Crippen molar-refractivity contribution in [2.45, 2.75) is 25.5 Å². The Morgan fingerprint density at radius 3 is 3.05 bits per heavy atom. The maximum atomic E-state index is 12.0. The van der Waals surface area contributed by atoms with Crippen LogP contribution in [0.3, 0.4) is 0 Å². The van der Waals surface area contributed by atoms with Crippen molar-refractivity contribution in [1.82, 2.24) is 15.5 Å². The van der Waals surface area contributed by atoms with Crippen LogP contribution in [0.5, 0.6) is 0 Å². The van der Waals surface area contributed by atoms with Gasteiger partial charge in [-0.2, -0.15) is 0 Å². The minimum atomic E-state index is -0.106. The second-order valence-electron chi connectivity index (χ2n) is 4.86. The molecule has 2 unspecified atom stereocenters. The van der Waals surface area contributed by atoms with Crippen LogP contribution in [-0.2, 0) is 14.3 Å². The van der Waals surface area contributed by atoms with E-state index < -0.39 is 0 Å². The first kappa shape index (κ1) is 16.4. The highest BCUT2D eigenvalue weighted by molar-refractivity contribution is 5.81. The standard InChI is InChI=1S/C13H27N3O3/c1-11(13(17)15-5-4-7-18-3)16-6-8-19-12(10-16)9-14-2/h11-12,14H,4-10H2,1-3H3,(H,15,17). The van der Waals surface area contributed by atoms with E-state index in [9.17, 15) is 4.79 Å². The fraction of sp³-hybridized carbons (Fsp3) is 0.923. The number of rotatable bonds is 8. The molecule has 2 N–H and O–H groups in total. The monoisotopic (exact) mass is 273 g/mol. The van der Waals surface area contributed by atoms with Crippen LogP contribution in [0.15, 0.2) is 0 Å². The van der Waals surface area contributed by atoms with Crippen LogP contribution in [0, 0.1) is 0 Å². The van der Waals surface area contributed by atoms with Gasteiger partial charge < -0.3 is 20.1 Å². The van der Waals surface area contributed by atoms with Gasteiger partial charge in [0.25, 0.3) is 0 Å². The number of likely N-dealkylation sites (N-methyl/N-ethyl adjacent to an activating group) is 1. The highest BCUT2D eigenvalue weighted by atomic mass is 16.5. The number of morpholine rings is 1. The van der Waals surface area contributed by atoms with Crippen LogP contribution in [0.2, 0.25) is 0 Å². The quantitative estimate of drug-likeness (QED) is 0.581. The number of amides is 1. The molecule has 0 radical (unpaired) electrons. The first-order valence-electron chi connectivity index (χ1n) is 6.96. The van der Waals surface area contributed by atoms with Crippen molar-refractivity contribution < 1.29 is 14.3 Å². The third kappa shape index (κ3) is 5.86. The average Bonchev–Trinajstić information content (AvgIpc) is 2.43. The van der Waals surface area contributed by atoms with E-state index in [2.05, 4.69) is 15.5 Å². The normalized spacial score (nSPS) is 22.2. The van der Waals surface area contributed by atoms with Gasteiger partial charge in [-0.3, -0.25) is 9.69 Å². The summed E-state index contributed by atoms with van der Waals surface area (Å²) in [5.74, 6) is 0.0845. The molecule has 1 rings (SSSR count). The van der Waals surface area contributed by atoms with Crippen LogP contribution >= 0.6 is 0 Å². The van der Waals surface area contributed by atoms with Crippen molar-refractivity contribution >= 4 is 5.91 Å². The Kier molecular flexibility index (Phi) is 7.97. The lowest BCUT2D eigenvalue weighted by Gasteiger charge is -2.36. The molecule has 2 atom stereocenters. The van der Waals surface area contributed by atoms with Crippen molar-refractivity contribution in [1.29, 1.82) is 0 Å². The number of hydrogen-bond acceptors (Lipinski definition) is 5. The molecule has 112 valence electrons. The maximum Gasteiger partial charge on any atom is 0.237 e. The zero-order valence-electron chi connectivity index (χ0n) is 12.3. The summed E-state index contributed by atoms with van der Waals surface area (Å²) in [6, 6.07) is -0.106. The van der Waals surface area contributed by atoms with E-state index in [1.165, 1.54) is 0 Å². The van der Waals surface area contributed by atoms with Gasteiger partial charge in [-0.1, -0.05) is 0 Å². The number of hydrogen-bond donors (Lipinski definition) is 2. The van der Waals surface area contributed by atoms with Crippen LogP contribution < -0.4 is 10.6 Å². The van der Waals surface area contributed by atoms with E-state index in [0.717, 1.165) is 26.1 Å². The summed E-state index contributed by atoms with van der Waals surface area (Å²) >= 11 is 0. The molecule has 0 aromatic heterocycles. The Morgan fingerprint density at radius 2 is 2.37 bits per heavy atom. The summed E-state index contributed by atoms with van der Waals surface area (Å²) in [6.07, 6.45) is 1.02. The second kappa shape index (κ2) is 9.25. The molecule has 6 nitrogen and oxygen atoms in total. The lowest BCUT2D eigenvalue weighted by molar-refractivity contribution is -0.129. The smallest absolute Gasteiger partial charge is 0.237 e. The molecular weight excluding hydrogens is 246 g/mol. The van der Waals surface area contributed by atoms with Crippen molar-refractivity contribution in [2.75, 3.05) is 53.6 Å². The zero-order chi connectivity index (χ0) is 14.1. The highest BCUT2D eigenvalue weighted by Gasteiger charge is 2.27. The fourth-order valence-corrected chi connectivity index (χ4v) is 2.19. The zero-order valence-corrected chi connectivity index (χ0v) is 12.3. The van der Waals surface area contributed by atoms with E-state index in [1.54, 1.807) is 7.11 Å². The van der Waals surface area contributed by atoms with Gasteiger partial charge >= 0.3 is 0 Å². The molecule has 1 amide bonds. The van der Waals surface area contributed by atoms with Gasteiger partial charge in [-0.25, -0.2) is 0 Å². The summed E-state index contributed by atoms with van der Waals surface area (Å²) in [5, 5.41) is 6.05. The Bertz CT molecular complexity index is 262. The lowest BCUT2D eigenvalue weighted by Crippen LogP contribution is -2.54. The van der Waals surface area contributed by atoms with Crippen molar-refractivity contribution in [3.8, 4) is 0 Å². The SMILES string of the molecule is CNCC1CN(C(C)C(=O)NCCCOC)CCO1. The number of methoxy groups -OCH3 is 1. The number of ether oxygens (including phenoxy) is 2. The largest absolute Gasteiger partial charge is 0.385 e. The molecule has 0 saturated carbocycles. The summed E-state index contributed by atoms with van der Waals surface area (Å²) in [6.45, 7) is 6.41. The van der Waals surface area contributed by atoms with Crippen molar-refractivity contribution in [2.24, 2.45) is 0 Å². The molecule has 1 fully saturated rings. The van der Waals surface area contributed by atoms with E-state index >= 15 is 0 Å². The summed E-state index contributed by atoms with van der Waals surface area (Å²) < 4.78 is 10.6. The molecule has 1 heterocycles. The Labute approximate surface area is 115 Å². The van der Waals surface area contributed by atoms with Crippen LogP contribution in [0.1, 0.15) is 13.3 Å². The van der Waals surface area contributed by atoms with Gasteiger partial charge in [0.05, 0.1) is 18.8 Å². The van der Waals surface area contributed by atoms with Gasteiger partial charge in [0.2, 0.25) is 5.91 Å². The highest BCUT2D eigenvalue weighted by Crippen LogP contribution is 2.08. The summed E-state index contributed by atoms with van der Waals surface area (Å²) in [4.78, 5) is 14.2. The molecular formula is C13H27N3O3. The molecule has 1 aliphatic heterocycles. The summed E-state index contributed by atoms with van der Waals surface area (Å²) in [7, 11) is 3.58. The van der Waals surface area contributed by atoms with Crippen LogP contribution in [-0.4, -0.2) is 76.5 Å². The molecule has 0 bridgehead atoms. The molecule has 0 spiro atoms. The van der Waals surface area contributed by atoms with Crippen LogP contribution in [0.25, 0.3) is 0 Å². The predicted molar refractivity (Wildman–Crippen MR) is 74.2 cm³/mol. The van der Waals surface area contributed by atoms with Gasteiger partial charge in [0, 0.05) is 39.9 Å². The first-order valence-corrected chi connectivity index (χ1v) is 6.96. The van der Waals surface area contributed by atoms with Crippen molar-refractivity contribution in [3.05, 3.63) is 0 Å². The number of carbonyl (C=O) groups is 1. The third-order valence-corrected chi connectivity index (χ3v) is 3.35. The number of nitrogens with zero attached hydrogens (tertiary/aromatic N) is 1. The Morgan fingerprint density at radius 1 is 1.58 bits per heavy atom. The number of carbonyl (C=O) groups excluding carboxylic acids is 1. The van der Waals surface area contributed by atoms with Gasteiger partial charge in [-0.05, 0) is 20.4 Å². The lowest BCUT2D eigenvalue weighted by atomic mass is 10.2. The predicted octanol–water partition coefficient (Wildman–Crippen LogP) is -0.552. The average molecular weight is 273 g/mol. The molecule has 1 aliphatic rings. The van der Waals surface area contributed by atoms with Crippen molar-refractivity contribution in [3.63, 3.8) is 0 Å². The van der Waals surface area contributed by atoms with E-state index in [1.807, 2.05) is 14.0 Å². The number of nitrogens with one attached hydrogen (secondary N) is 2. The fourth-order valence-electron chi connectivity index (χ4n) is 2.19. The minimum Gasteiger partial charge on any atom is -0.385 e. The second-order valence-corrected chi connectivity index (χ2v) is 4.86. The first-order chi connectivity index (χ1) is 9.19. The van der Waals surface area contributed by atoms with E-state index in [4.69, 9.17) is 9.47 Å². The molecule has 0 aromatic carbocycles. The Balaban J connectivity index is 2.30. The van der Waals surface area contributed by atoms with E-state index in [0.29, 0.717) is 19.8 Å². The van der Waals surface area contributed by atoms with Gasteiger partial charge in [0.1, 0.15) is 0 Å². The maximum absolute atomic E-state index is 12.0. The molecule has 0 aliphatic carbocycles. The van der Waals surface area contributed by atoms with Crippen LogP contribution in [0.4, 0.5) is 0 Å². The topological polar surface area (TPSA) is 62.8 Å².